The molecular weight excluding hydrogens is 264 g/mol. The van der Waals surface area contributed by atoms with Crippen molar-refractivity contribution in [1.29, 1.82) is 0 Å². The Morgan fingerprint density at radius 2 is 2.14 bits per heavy atom. The molecule has 0 fully saturated rings. The lowest BCUT2D eigenvalue weighted by atomic mass is 10.1. The standard InChI is InChI=1S/C17H24N2O2/c1-4-5-16-18-14-10-13(11-17(20)21)6-7-15(14)19(16)9-8-12(2)3/h6-7,10,12H,4-5,8-9,11H2,1-3H3,(H,20,21). The molecule has 0 aliphatic rings. The Labute approximate surface area is 125 Å². The summed E-state index contributed by atoms with van der Waals surface area (Å²) in [7, 11) is 0. The minimum Gasteiger partial charge on any atom is -0.481 e. The fraction of sp³-hybridized carbons (Fsp3) is 0.529. The molecule has 4 nitrogen and oxygen atoms in total. The lowest BCUT2D eigenvalue weighted by molar-refractivity contribution is -0.136. The van der Waals surface area contributed by atoms with Crippen LogP contribution in [0.5, 0.6) is 0 Å². The number of fused-ring (bicyclic) bond motifs is 1. The summed E-state index contributed by atoms with van der Waals surface area (Å²) in [6.45, 7) is 7.58. The van der Waals surface area contributed by atoms with Crippen LogP contribution in [0.15, 0.2) is 18.2 Å². The number of imidazole rings is 1. The number of aryl methyl sites for hydroxylation is 2. The van der Waals surface area contributed by atoms with E-state index in [4.69, 9.17) is 10.1 Å². The third-order valence-electron chi connectivity index (χ3n) is 3.65. The third kappa shape index (κ3) is 3.84. The quantitative estimate of drug-likeness (QED) is 0.846. The predicted molar refractivity (Wildman–Crippen MR) is 84.5 cm³/mol. The number of carbonyl (C=O) groups is 1. The van der Waals surface area contributed by atoms with Crippen LogP contribution in [0.2, 0.25) is 0 Å². The zero-order chi connectivity index (χ0) is 15.4. The second-order valence-electron chi connectivity index (χ2n) is 6.01. The van der Waals surface area contributed by atoms with Crippen molar-refractivity contribution in [2.75, 3.05) is 0 Å². The van der Waals surface area contributed by atoms with Crippen molar-refractivity contribution in [2.45, 2.75) is 53.0 Å². The summed E-state index contributed by atoms with van der Waals surface area (Å²) < 4.78 is 2.30. The highest BCUT2D eigenvalue weighted by atomic mass is 16.4. The topological polar surface area (TPSA) is 55.1 Å². The van der Waals surface area contributed by atoms with E-state index in [1.54, 1.807) is 0 Å². The van der Waals surface area contributed by atoms with E-state index >= 15 is 0 Å². The van der Waals surface area contributed by atoms with Crippen LogP contribution >= 0.6 is 0 Å². The smallest absolute Gasteiger partial charge is 0.307 e. The first kappa shape index (κ1) is 15.5. The van der Waals surface area contributed by atoms with E-state index in [9.17, 15) is 4.79 Å². The van der Waals surface area contributed by atoms with Crippen molar-refractivity contribution in [1.82, 2.24) is 9.55 Å². The van der Waals surface area contributed by atoms with Crippen LogP contribution in [0.25, 0.3) is 11.0 Å². The molecule has 0 aliphatic heterocycles. The van der Waals surface area contributed by atoms with Gasteiger partial charge in [-0.2, -0.15) is 0 Å². The molecule has 0 saturated heterocycles. The molecule has 0 atom stereocenters. The molecular formula is C17H24N2O2. The maximum absolute atomic E-state index is 10.8. The number of aliphatic carboxylic acids is 1. The Bertz CT molecular complexity index is 629. The van der Waals surface area contributed by atoms with Crippen LogP contribution in [0.1, 0.15) is 45.0 Å². The number of nitrogens with zero attached hydrogens (tertiary/aromatic N) is 2. The molecule has 2 rings (SSSR count). The van der Waals surface area contributed by atoms with E-state index in [2.05, 4.69) is 25.3 Å². The second kappa shape index (κ2) is 6.74. The summed E-state index contributed by atoms with van der Waals surface area (Å²) in [5.74, 6) is 0.964. The van der Waals surface area contributed by atoms with E-state index in [0.29, 0.717) is 5.92 Å². The molecule has 1 aromatic heterocycles. The first-order chi connectivity index (χ1) is 10.0. The van der Waals surface area contributed by atoms with Gasteiger partial charge in [0.2, 0.25) is 0 Å². The van der Waals surface area contributed by atoms with E-state index < -0.39 is 5.97 Å². The summed E-state index contributed by atoms with van der Waals surface area (Å²) in [5, 5.41) is 8.90. The number of hydrogen-bond acceptors (Lipinski definition) is 2. The summed E-state index contributed by atoms with van der Waals surface area (Å²) in [5.41, 5.74) is 2.85. The molecule has 4 heteroatoms. The predicted octanol–water partition coefficient (Wildman–Crippen LogP) is 3.66. The van der Waals surface area contributed by atoms with Gasteiger partial charge in [-0.3, -0.25) is 4.79 Å². The lowest BCUT2D eigenvalue weighted by Crippen LogP contribution is -2.06. The maximum atomic E-state index is 10.8. The largest absolute Gasteiger partial charge is 0.481 e. The van der Waals surface area contributed by atoms with Crippen LogP contribution in [0.4, 0.5) is 0 Å². The molecule has 1 N–H and O–H groups in total. The van der Waals surface area contributed by atoms with Gasteiger partial charge < -0.3 is 9.67 Å². The number of benzene rings is 1. The average Bonchev–Trinajstić information content (AvgIpc) is 2.72. The van der Waals surface area contributed by atoms with E-state index in [1.807, 2.05) is 18.2 Å². The van der Waals surface area contributed by atoms with Crippen molar-refractivity contribution in [3.05, 3.63) is 29.6 Å². The molecule has 0 unspecified atom stereocenters. The van der Waals surface area contributed by atoms with E-state index in [1.165, 1.54) is 0 Å². The highest BCUT2D eigenvalue weighted by Gasteiger charge is 2.12. The van der Waals surface area contributed by atoms with Gasteiger partial charge in [-0.05, 0) is 36.5 Å². The van der Waals surface area contributed by atoms with Crippen molar-refractivity contribution < 1.29 is 9.90 Å². The number of carboxylic acid groups (broad SMARTS) is 1. The normalized spacial score (nSPS) is 11.4. The summed E-state index contributed by atoms with van der Waals surface area (Å²) >= 11 is 0. The SMILES string of the molecule is CCCc1nc2cc(CC(=O)O)ccc2n1CCC(C)C. The number of rotatable bonds is 7. The molecule has 21 heavy (non-hydrogen) atoms. The van der Waals surface area contributed by atoms with Crippen LogP contribution in [-0.2, 0) is 24.2 Å². The maximum Gasteiger partial charge on any atom is 0.307 e. The minimum atomic E-state index is -0.803. The number of hydrogen-bond donors (Lipinski definition) is 1. The fourth-order valence-corrected chi connectivity index (χ4v) is 2.56. The molecule has 1 aromatic carbocycles. The van der Waals surface area contributed by atoms with E-state index in [0.717, 1.165) is 48.2 Å². The number of aromatic nitrogens is 2. The van der Waals surface area contributed by atoms with Crippen molar-refractivity contribution in [3.8, 4) is 0 Å². The van der Waals surface area contributed by atoms with Gasteiger partial charge in [0, 0.05) is 13.0 Å². The van der Waals surface area contributed by atoms with Gasteiger partial charge in [0.15, 0.2) is 0 Å². The molecule has 114 valence electrons. The Hall–Kier alpha value is -1.84. The number of carboxylic acids is 1. The Morgan fingerprint density at radius 1 is 1.38 bits per heavy atom. The Kier molecular flexibility index (Phi) is 4.99. The summed E-state index contributed by atoms with van der Waals surface area (Å²) in [6, 6.07) is 5.83. The lowest BCUT2D eigenvalue weighted by Gasteiger charge is -2.10. The van der Waals surface area contributed by atoms with Gasteiger partial charge in [-0.25, -0.2) is 4.98 Å². The Morgan fingerprint density at radius 3 is 2.76 bits per heavy atom. The van der Waals surface area contributed by atoms with Gasteiger partial charge >= 0.3 is 5.97 Å². The summed E-state index contributed by atoms with van der Waals surface area (Å²) in [4.78, 5) is 15.5. The second-order valence-corrected chi connectivity index (χ2v) is 6.01. The van der Waals surface area contributed by atoms with Crippen LogP contribution < -0.4 is 0 Å². The van der Waals surface area contributed by atoms with Crippen molar-refractivity contribution in [2.24, 2.45) is 5.92 Å². The monoisotopic (exact) mass is 288 g/mol. The van der Waals surface area contributed by atoms with Crippen LogP contribution in [-0.4, -0.2) is 20.6 Å². The molecule has 0 amide bonds. The van der Waals surface area contributed by atoms with Crippen LogP contribution in [0.3, 0.4) is 0 Å². The molecule has 2 aromatic rings. The molecule has 0 aliphatic carbocycles. The summed E-state index contributed by atoms with van der Waals surface area (Å²) in [6.07, 6.45) is 3.20. The highest BCUT2D eigenvalue weighted by Crippen LogP contribution is 2.21. The molecule has 1 heterocycles. The molecule has 0 radical (unpaired) electrons. The van der Waals surface area contributed by atoms with Gasteiger partial charge in [-0.1, -0.05) is 26.8 Å². The van der Waals surface area contributed by atoms with Crippen molar-refractivity contribution >= 4 is 17.0 Å². The molecule has 0 saturated carbocycles. The van der Waals surface area contributed by atoms with Gasteiger partial charge in [0.05, 0.1) is 17.5 Å². The average molecular weight is 288 g/mol. The van der Waals surface area contributed by atoms with Gasteiger partial charge in [0.1, 0.15) is 5.82 Å². The molecule has 0 spiro atoms. The Balaban J connectivity index is 2.38. The van der Waals surface area contributed by atoms with Gasteiger partial charge in [0.25, 0.3) is 0 Å². The van der Waals surface area contributed by atoms with E-state index in [-0.39, 0.29) is 6.42 Å². The highest BCUT2D eigenvalue weighted by molar-refractivity contribution is 5.79. The molecule has 0 bridgehead atoms. The van der Waals surface area contributed by atoms with Crippen molar-refractivity contribution in [3.63, 3.8) is 0 Å². The van der Waals surface area contributed by atoms with Gasteiger partial charge in [-0.15, -0.1) is 0 Å². The first-order valence-electron chi connectivity index (χ1n) is 7.71. The zero-order valence-corrected chi connectivity index (χ0v) is 13.1. The zero-order valence-electron chi connectivity index (χ0n) is 13.1. The first-order valence-corrected chi connectivity index (χ1v) is 7.71. The third-order valence-corrected chi connectivity index (χ3v) is 3.65. The minimum absolute atomic E-state index is 0.0535. The fourth-order valence-electron chi connectivity index (χ4n) is 2.56. The van der Waals surface area contributed by atoms with Crippen LogP contribution in [0, 0.1) is 5.92 Å².